The van der Waals surface area contributed by atoms with Gasteiger partial charge in [-0.3, -0.25) is 9.98 Å². The van der Waals surface area contributed by atoms with Gasteiger partial charge in [-0.25, -0.2) is 18.2 Å². The number of hydrogen-bond acceptors (Lipinski definition) is 4. The predicted molar refractivity (Wildman–Crippen MR) is 472 cm³/mol. The molecule has 0 aliphatic carbocycles. The van der Waals surface area contributed by atoms with E-state index in [1.54, 1.807) is 0 Å². The Morgan fingerprint density at radius 1 is 0.468 bits per heavy atom. The number of alkyl halides is 3. The molecule has 0 spiro atoms. The van der Waals surface area contributed by atoms with Crippen molar-refractivity contribution in [1.82, 2.24) is 4.98 Å². The third-order valence-corrected chi connectivity index (χ3v) is 16.5. The van der Waals surface area contributed by atoms with Crippen LogP contribution in [-0.2, 0) is 30.7 Å². The second-order valence-electron chi connectivity index (χ2n) is 26.9. The molecule has 0 bridgehead atoms. The summed E-state index contributed by atoms with van der Waals surface area (Å²) in [7, 11) is 0. The molecule has 0 N–H and O–H groups in total. The maximum atomic E-state index is 10.4. The van der Waals surface area contributed by atoms with Gasteiger partial charge in [0.1, 0.15) is 0 Å². The minimum Gasteiger partial charge on any atom is -0.533 e. The van der Waals surface area contributed by atoms with Crippen molar-refractivity contribution in [2.45, 2.75) is 219 Å². The molecule has 4 nitrogen and oxygen atoms in total. The van der Waals surface area contributed by atoms with Crippen LogP contribution in [0.4, 0.5) is 24.5 Å². The molecule has 0 saturated heterocycles. The fraction of sp³-hybridized carbons (Fsp3) is 0.327. The van der Waals surface area contributed by atoms with Crippen LogP contribution in [0.1, 0.15) is 268 Å². The first-order chi connectivity index (χ1) is 51.9. The van der Waals surface area contributed by atoms with E-state index in [2.05, 4.69) is 338 Å². The SMILES string of the molecule is C/C=C(/CC)c1ccccc1.C=C(CCC)c1ccccc1.C=CCCC.CC(=Nc1c(C(C)C)cccc1C(C)C)c1cccc(C(C)=Nc2c(C(C)C)cccc2C(C)C)n1.CC/C=C(/C)c1ccccc1.CC/C=C/Cc1ccccc1.CCC/C=C/c1ccccc1.O=[C-]C(F)(F)F.[Rh].c1ccccc1. The molecule has 1 heterocycles. The number of unbranched alkanes of at least 4 members (excludes halogenated alkanes) is 2. The largest absolute Gasteiger partial charge is 0.533 e. The number of hydrogen-bond donors (Lipinski definition) is 0. The summed E-state index contributed by atoms with van der Waals surface area (Å²) in [5.41, 5.74) is 21.6. The average molecular weight is 1560 g/mol. The normalized spacial score (nSPS) is 11.1. The molecule has 9 aromatic rings. The van der Waals surface area contributed by atoms with Crippen molar-refractivity contribution in [3.63, 3.8) is 0 Å². The van der Waals surface area contributed by atoms with Gasteiger partial charge >= 0.3 is 0 Å². The summed E-state index contributed by atoms with van der Waals surface area (Å²) >= 11 is 0. The van der Waals surface area contributed by atoms with Crippen LogP contribution in [0.25, 0.3) is 22.8 Å². The summed E-state index contributed by atoms with van der Waals surface area (Å²) in [6.07, 6.45) is 21.7. The van der Waals surface area contributed by atoms with Gasteiger partial charge in [0.15, 0.2) is 0 Å². The fourth-order valence-corrected chi connectivity index (χ4v) is 10.6. The number of benzene rings is 8. The zero-order valence-corrected chi connectivity index (χ0v) is 70.8. The summed E-state index contributed by atoms with van der Waals surface area (Å²) in [4.78, 5) is 23.9. The Morgan fingerprint density at radius 2 is 0.835 bits per heavy atom. The molecule has 0 fully saturated rings. The van der Waals surface area contributed by atoms with Gasteiger partial charge in [0.25, 0.3) is 6.18 Å². The molecule has 0 unspecified atom stereocenters. The van der Waals surface area contributed by atoms with Gasteiger partial charge in [-0.2, -0.15) is 6.29 Å². The molecule has 0 amide bonds. The third-order valence-electron chi connectivity index (χ3n) is 16.5. The van der Waals surface area contributed by atoms with Crippen LogP contribution >= 0.6 is 0 Å². The number of para-hydroxylation sites is 2. The van der Waals surface area contributed by atoms with Crippen LogP contribution in [0.2, 0.25) is 0 Å². The van der Waals surface area contributed by atoms with E-state index in [1.807, 2.05) is 84.9 Å². The number of carbonyl (C=O) groups excluding carboxylic acids is 1. The zero-order valence-electron chi connectivity index (χ0n) is 69.1. The molecule has 1 radical (unpaired) electrons. The van der Waals surface area contributed by atoms with Crippen LogP contribution in [0.15, 0.2) is 302 Å². The second kappa shape index (κ2) is 61.6. The summed E-state index contributed by atoms with van der Waals surface area (Å²) < 4.78 is 31.1. The molecule has 0 saturated carbocycles. The number of halogens is 3. The van der Waals surface area contributed by atoms with E-state index in [9.17, 15) is 13.2 Å². The van der Waals surface area contributed by atoms with Crippen molar-refractivity contribution >= 4 is 51.9 Å². The van der Waals surface area contributed by atoms with Crippen molar-refractivity contribution in [2.24, 2.45) is 9.98 Å². The van der Waals surface area contributed by atoms with Crippen molar-refractivity contribution < 1.29 is 37.4 Å². The fourth-order valence-electron chi connectivity index (χ4n) is 10.6. The maximum absolute atomic E-state index is 10.4. The molecule has 8 heteroatoms. The van der Waals surface area contributed by atoms with Crippen molar-refractivity contribution in [3.05, 3.63) is 354 Å². The molecule has 109 heavy (non-hydrogen) atoms. The Balaban J connectivity index is 0.00000133. The first-order valence-electron chi connectivity index (χ1n) is 38.9. The summed E-state index contributed by atoms with van der Waals surface area (Å²) in [6.45, 7) is 46.8. The number of allylic oxidation sites excluding steroid dienone is 9. The summed E-state index contributed by atoms with van der Waals surface area (Å²) in [5.74, 6) is 1.61. The van der Waals surface area contributed by atoms with Gasteiger partial charge in [0, 0.05) is 19.5 Å². The van der Waals surface area contributed by atoms with Crippen LogP contribution < -0.4 is 0 Å². The molecule has 8 aromatic carbocycles. The second-order valence-corrected chi connectivity index (χ2v) is 26.9. The molecule has 9 rings (SSSR count). The van der Waals surface area contributed by atoms with E-state index in [0.717, 1.165) is 72.7 Å². The Kier molecular flexibility index (Phi) is 56.4. The van der Waals surface area contributed by atoms with Gasteiger partial charge in [-0.15, -0.1) is 6.58 Å². The van der Waals surface area contributed by atoms with Gasteiger partial charge in [0.2, 0.25) is 0 Å². The first-order valence-corrected chi connectivity index (χ1v) is 38.9. The van der Waals surface area contributed by atoms with Crippen LogP contribution in [-0.4, -0.2) is 28.9 Å². The quantitative estimate of drug-likeness (QED) is 0.0277. The van der Waals surface area contributed by atoms with E-state index in [4.69, 9.17) is 19.8 Å². The maximum Gasteiger partial charge on any atom is 0.298 e. The van der Waals surface area contributed by atoms with Crippen LogP contribution in [0.5, 0.6) is 0 Å². The Labute approximate surface area is 672 Å². The summed E-state index contributed by atoms with van der Waals surface area (Å²) in [6, 6.07) is 83.5. The third kappa shape index (κ3) is 44.8. The van der Waals surface area contributed by atoms with Crippen LogP contribution in [0.3, 0.4) is 0 Å². The van der Waals surface area contributed by atoms with E-state index < -0.39 is 6.18 Å². The Hall–Kier alpha value is -9.23. The van der Waals surface area contributed by atoms with Crippen molar-refractivity contribution in [2.75, 3.05) is 0 Å². The first kappa shape index (κ1) is 99.8. The van der Waals surface area contributed by atoms with Gasteiger partial charge < -0.3 is 4.79 Å². The molecule has 0 aliphatic heterocycles. The standard InChI is InChI=1S/C33H43N3.5C11H14.C6H6.C5H10.C2F3O.Rh/c1-20(2)26-14-11-15-27(21(3)4)32(26)34-24(9)30-18-13-19-31(36-30)25(10)35-33-28(22(5)6)16-12-17-29(33)23(7)8;2*1-3-7-10(2)11-8-5-4-6-9-11;1-3-10(4-2)11-8-6-5-7-9-11;2*1-2-3-5-8-11-9-6-4-7-10-11;1-2-4-6-5-3-1;1-3-5-4-2;3-2(4,5)1-6;/h11-23H,1-10H3;4-9H,3H2,1-2H3;4-6,8-9H,2-3,7H2,1H3;3,5-9H,4H2,1-2H3;4-10H,2-3H2,1H3;3-7,9-10H,2,8H2,1H3;1-6H;3H,1,4-5H2,2H3;;/q;;;;;;;;-1;/b;10-7-;;10-3-;8-5+;5-3+;;;;. The predicted octanol–water partition coefficient (Wildman–Crippen LogP) is 31.4. The Bertz CT molecular complexity index is 3830. The number of rotatable bonds is 23. The molecule has 0 atom stereocenters. The van der Waals surface area contributed by atoms with Gasteiger partial charge in [0.05, 0.1) is 34.2 Å². The van der Waals surface area contributed by atoms with Gasteiger partial charge in [-0.05, 0) is 175 Å². The smallest absolute Gasteiger partial charge is 0.298 e. The molecule has 585 valence electrons. The number of pyridine rings is 1. The monoisotopic (exact) mass is 1560 g/mol. The van der Waals surface area contributed by atoms with E-state index in [0.29, 0.717) is 23.7 Å². The molecule has 0 aliphatic rings. The van der Waals surface area contributed by atoms with E-state index >= 15 is 0 Å². The number of aromatic nitrogens is 1. The topological polar surface area (TPSA) is 54.7 Å². The van der Waals surface area contributed by atoms with E-state index in [1.165, 1.54) is 92.5 Å². The molecular weight excluding hydrogens is 1430 g/mol. The van der Waals surface area contributed by atoms with Crippen molar-refractivity contribution in [3.8, 4) is 0 Å². The van der Waals surface area contributed by atoms with E-state index in [-0.39, 0.29) is 25.8 Å². The Morgan fingerprint density at radius 3 is 1.17 bits per heavy atom. The minimum absolute atomic E-state index is 0. The number of aliphatic imine (C=N–C) groups is 2. The number of nitrogens with zero attached hydrogens (tertiary/aromatic N) is 3. The molecule has 1 aromatic heterocycles. The zero-order chi connectivity index (χ0) is 80.3. The summed E-state index contributed by atoms with van der Waals surface area (Å²) in [5, 5.41) is 0. The van der Waals surface area contributed by atoms with Crippen LogP contribution in [0, 0.1) is 0 Å². The minimum atomic E-state index is -4.76. The molecular formula is C101H129F3N3ORh-. The van der Waals surface area contributed by atoms with Gasteiger partial charge in [-0.1, -0.05) is 396 Å². The van der Waals surface area contributed by atoms with Crippen molar-refractivity contribution in [1.29, 1.82) is 0 Å². The average Bonchev–Trinajstić information content (AvgIpc) is 0.815.